The van der Waals surface area contributed by atoms with Crippen LogP contribution in [0.5, 0.6) is 0 Å². The molecule has 0 aromatic carbocycles. The zero-order chi connectivity index (χ0) is 15.1. The Hall–Kier alpha value is -0.650. The second-order valence-corrected chi connectivity index (χ2v) is 7.15. The molecule has 2 aliphatic heterocycles. The van der Waals surface area contributed by atoms with Crippen LogP contribution in [0.3, 0.4) is 0 Å². The van der Waals surface area contributed by atoms with Crippen molar-refractivity contribution >= 4 is 5.91 Å². The third kappa shape index (κ3) is 2.60. The lowest BCUT2D eigenvalue weighted by molar-refractivity contribution is -0.143. The molecular weight excluding hydrogens is 266 g/mol. The van der Waals surface area contributed by atoms with Crippen LogP contribution in [-0.2, 0) is 9.53 Å². The van der Waals surface area contributed by atoms with Crippen LogP contribution in [0.2, 0.25) is 0 Å². The second kappa shape index (κ2) is 5.86. The Bertz CT molecular complexity index is 393. The molecule has 21 heavy (non-hydrogen) atoms. The molecule has 2 heterocycles. The van der Waals surface area contributed by atoms with Gasteiger partial charge in [-0.15, -0.1) is 0 Å². The monoisotopic (exact) mass is 295 g/mol. The average Bonchev–Trinajstić information content (AvgIpc) is 2.82. The van der Waals surface area contributed by atoms with Crippen LogP contribution in [0.15, 0.2) is 0 Å². The van der Waals surface area contributed by atoms with Crippen LogP contribution < -0.4 is 11.1 Å². The van der Waals surface area contributed by atoms with Crippen LogP contribution in [0.25, 0.3) is 0 Å². The number of fused-ring (bicyclic) bond motifs is 1. The molecule has 7 atom stereocenters. The summed E-state index contributed by atoms with van der Waals surface area (Å²) < 4.78 is 5.80. The molecule has 2 saturated heterocycles. The Kier molecular flexibility index (Phi) is 4.26. The predicted octanol–water partition coefficient (Wildman–Crippen LogP) is 0.869. The van der Waals surface area contributed by atoms with Crippen LogP contribution in [0.4, 0.5) is 0 Å². The van der Waals surface area contributed by atoms with E-state index in [-0.39, 0.29) is 30.1 Å². The van der Waals surface area contributed by atoms with Crippen LogP contribution in [0, 0.1) is 5.92 Å². The number of nitrogens with two attached hydrogens (primary N) is 1. The first kappa shape index (κ1) is 15.3. The standard InChI is InChI=1S/C16H29N3O2/c1-9-6-7-10(2)19(9)11(3)16(20)18-14-13(17)12-5-4-8-21-15(12)14/h9-15H,4-8,17H2,1-3H3,(H,18,20). The van der Waals surface area contributed by atoms with Gasteiger partial charge in [-0.1, -0.05) is 0 Å². The number of hydrogen-bond acceptors (Lipinski definition) is 4. The molecule has 3 rings (SSSR count). The molecule has 120 valence electrons. The minimum atomic E-state index is -0.0904. The summed E-state index contributed by atoms with van der Waals surface area (Å²) in [4.78, 5) is 14.9. The summed E-state index contributed by atoms with van der Waals surface area (Å²) in [5.74, 6) is 0.535. The highest BCUT2D eigenvalue weighted by molar-refractivity contribution is 5.82. The van der Waals surface area contributed by atoms with Gasteiger partial charge in [-0.2, -0.15) is 0 Å². The molecule has 3 N–H and O–H groups in total. The summed E-state index contributed by atoms with van der Waals surface area (Å²) >= 11 is 0. The molecular formula is C16H29N3O2. The van der Waals surface area contributed by atoms with E-state index >= 15 is 0 Å². The molecule has 3 aliphatic rings. The number of amides is 1. The molecule has 7 unspecified atom stereocenters. The minimum Gasteiger partial charge on any atom is -0.376 e. The van der Waals surface area contributed by atoms with E-state index in [0.717, 1.165) is 19.4 Å². The molecule has 0 bridgehead atoms. The number of nitrogens with one attached hydrogen (secondary N) is 1. The van der Waals surface area contributed by atoms with Gasteiger partial charge >= 0.3 is 0 Å². The number of hydrogen-bond donors (Lipinski definition) is 2. The highest BCUT2D eigenvalue weighted by Gasteiger charge is 2.51. The van der Waals surface area contributed by atoms with E-state index in [0.29, 0.717) is 18.0 Å². The van der Waals surface area contributed by atoms with Gasteiger partial charge < -0.3 is 15.8 Å². The highest BCUT2D eigenvalue weighted by atomic mass is 16.5. The molecule has 0 aromatic heterocycles. The van der Waals surface area contributed by atoms with Gasteiger partial charge in [-0.3, -0.25) is 9.69 Å². The average molecular weight is 295 g/mol. The van der Waals surface area contributed by atoms with E-state index in [2.05, 4.69) is 24.1 Å². The Morgan fingerprint density at radius 1 is 1.29 bits per heavy atom. The van der Waals surface area contributed by atoms with E-state index in [4.69, 9.17) is 10.5 Å². The Morgan fingerprint density at radius 2 is 1.95 bits per heavy atom. The maximum Gasteiger partial charge on any atom is 0.237 e. The van der Waals surface area contributed by atoms with Crippen molar-refractivity contribution in [1.29, 1.82) is 0 Å². The Morgan fingerprint density at radius 3 is 2.62 bits per heavy atom. The van der Waals surface area contributed by atoms with Crippen molar-refractivity contribution < 1.29 is 9.53 Å². The van der Waals surface area contributed by atoms with Gasteiger partial charge in [0.05, 0.1) is 18.2 Å². The normalized spacial score (nSPS) is 44.8. The summed E-state index contributed by atoms with van der Waals surface area (Å²) in [7, 11) is 0. The SMILES string of the molecule is CC1CCC(C)N1C(C)C(=O)NC1C(N)C2CCCOC21. The first-order valence-corrected chi connectivity index (χ1v) is 8.45. The van der Waals surface area contributed by atoms with Crippen molar-refractivity contribution in [3.63, 3.8) is 0 Å². The van der Waals surface area contributed by atoms with Gasteiger partial charge in [-0.05, 0) is 46.5 Å². The van der Waals surface area contributed by atoms with Gasteiger partial charge in [0.2, 0.25) is 5.91 Å². The quantitative estimate of drug-likeness (QED) is 0.811. The van der Waals surface area contributed by atoms with E-state index in [9.17, 15) is 4.79 Å². The summed E-state index contributed by atoms with van der Waals surface area (Å²) in [6.45, 7) is 7.23. The van der Waals surface area contributed by atoms with E-state index in [1.54, 1.807) is 0 Å². The van der Waals surface area contributed by atoms with Crippen molar-refractivity contribution in [2.45, 2.75) is 82.8 Å². The van der Waals surface area contributed by atoms with Crippen LogP contribution in [0.1, 0.15) is 46.5 Å². The number of carbonyl (C=O) groups is 1. The molecule has 5 heteroatoms. The summed E-state index contributed by atoms with van der Waals surface area (Å²) in [6.07, 6.45) is 4.71. The Labute approximate surface area is 127 Å². The summed E-state index contributed by atoms with van der Waals surface area (Å²) in [5.41, 5.74) is 6.23. The second-order valence-electron chi connectivity index (χ2n) is 7.15. The van der Waals surface area contributed by atoms with E-state index in [1.165, 1.54) is 12.8 Å². The number of nitrogens with zero attached hydrogens (tertiary/aromatic N) is 1. The van der Waals surface area contributed by atoms with Crippen LogP contribution in [-0.4, -0.2) is 53.7 Å². The topological polar surface area (TPSA) is 67.6 Å². The fourth-order valence-corrected chi connectivity index (χ4v) is 4.52. The fraction of sp³-hybridized carbons (Fsp3) is 0.938. The maximum absolute atomic E-state index is 12.6. The molecule has 0 radical (unpaired) electrons. The van der Waals surface area contributed by atoms with Gasteiger partial charge in [-0.25, -0.2) is 0 Å². The maximum atomic E-state index is 12.6. The zero-order valence-electron chi connectivity index (χ0n) is 13.4. The molecule has 0 spiro atoms. The Balaban J connectivity index is 1.58. The van der Waals surface area contributed by atoms with Gasteiger partial charge in [0.15, 0.2) is 0 Å². The van der Waals surface area contributed by atoms with Crippen LogP contribution >= 0.6 is 0 Å². The number of ether oxygens (including phenoxy) is 1. The smallest absolute Gasteiger partial charge is 0.237 e. The third-order valence-corrected chi connectivity index (χ3v) is 5.83. The van der Waals surface area contributed by atoms with E-state index < -0.39 is 0 Å². The molecule has 0 aromatic rings. The first-order chi connectivity index (χ1) is 10.0. The lowest BCUT2D eigenvalue weighted by Gasteiger charge is -2.52. The third-order valence-electron chi connectivity index (χ3n) is 5.83. The molecule has 1 aliphatic carbocycles. The number of likely N-dealkylation sites (tertiary alicyclic amines) is 1. The van der Waals surface area contributed by atoms with Gasteiger partial charge in [0.25, 0.3) is 0 Å². The summed E-state index contributed by atoms with van der Waals surface area (Å²) in [6, 6.07) is 0.926. The van der Waals surface area contributed by atoms with Crippen molar-refractivity contribution in [3.05, 3.63) is 0 Å². The van der Waals surface area contributed by atoms with Crippen molar-refractivity contribution in [1.82, 2.24) is 10.2 Å². The largest absolute Gasteiger partial charge is 0.376 e. The molecule has 3 fully saturated rings. The highest BCUT2D eigenvalue weighted by Crippen LogP contribution is 2.37. The van der Waals surface area contributed by atoms with Crippen molar-refractivity contribution in [3.8, 4) is 0 Å². The first-order valence-electron chi connectivity index (χ1n) is 8.45. The molecule has 1 amide bonds. The van der Waals surface area contributed by atoms with Gasteiger partial charge in [0.1, 0.15) is 0 Å². The molecule has 5 nitrogen and oxygen atoms in total. The zero-order valence-corrected chi connectivity index (χ0v) is 13.4. The molecule has 1 saturated carbocycles. The van der Waals surface area contributed by atoms with Crippen molar-refractivity contribution in [2.75, 3.05) is 6.61 Å². The van der Waals surface area contributed by atoms with Crippen molar-refractivity contribution in [2.24, 2.45) is 11.7 Å². The van der Waals surface area contributed by atoms with Gasteiger partial charge in [0, 0.05) is 30.7 Å². The number of rotatable bonds is 3. The van der Waals surface area contributed by atoms with E-state index in [1.807, 2.05) is 6.92 Å². The lowest BCUT2D eigenvalue weighted by atomic mass is 9.68. The number of carbonyl (C=O) groups excluding carboxylic acids is 1. The lowest BCUT2D eigenvalue weighted by Crippen LogP contribution is -2.73. The minimum absolute atomic E-state index is 0.00142. The summed E-state index contributed by atoms with van der Waals surface area (Å²) in [5, 5.41) is 3.15. The fourth-order valence-electron chi connectivity index (χ4n) is 4.52. The predicted molar refractivity (Wildman–Crippen MR) is 81.8 cm³/mol.